The summed E-state index contributed by atoms with van der Waals surface area (Å²) in [5.41, 5.74) is 1.72. The van der Waals surface area contributed by atoms with Crippen LogP contribution in [0.4, 0.5) is 4.79 Å². The fourth-order valence-electron chi connectivity index (χ4n) is 3.73. The molecule has 1 N–H and O–H groups in total. The van der Waals surface area contributed by atoms with E-state index in [0.29, 0.717) is 31.7 Å². The summed E-state index contributed by atoms with van der Waals surface area (Å²) in [7, 11) is 0. The first-order valence-corrected chi connectivity index (χ1v) is 9.66. The summed E-state index contributed by atoms with van der Waals surface area (Å²) in [4.78, 5) is 27.0. The molecule has 0 aliphatic carbocycles. The summed E-state index contributed by atoms with van der Waals surface area (Å²) in [6.45, 7) is 3.35. The van der Waals surface area contributed by atoms with Gasteiger partial charge in [-0.25, -0.2) is 4.79 Å². The van der Waals surface area contributed by atoms with E-state index in [4.69, 9.17) is 9.47 Å². The highest BCUT2D eigenvalue weighted by atomic mass is 16.7. The number of carbonyl (C=O) groups excluding carboxylic acids is 2. The van der Waals surface area contributed by atoms with Crippen LogP contribution in [0.15, 0.2) is 48.5 Å². The van der Waals surface area contributed by atoms with Crippen LogP contribution in [0.25, 0.3) is 0 Å². The van der Waals surface area contributed by atoms with Crippen molar-refractivity contribution in [1.29, 1.82) is 0 Å². The van der Waals surface area contributed by atoms with Gasteiger partial charge in [0, 0.05) is 24.6 Å². The average molecular weight is 380 g/mol. The first kappa shape index (κ1) is 18.3. The van der Waals surface area contributed by atoms with Crippen LogP contribution in [0.2, 0.25) is 0 Å². The number of benzene rings is 2. The van der Waals surface area contributed by atoms with Crippen molar-refractivity contribution < 1.29 is 19.1 Å². The van der Waals surface area contributed by atoms with Crippen LogP contribution in [0.1, 0.15) is 41.7 Å². The minimum atomic E-state index is -0.148. The smallest absolute Gasteiger partial charge is 0.317 e. The normalized spacial score (nSPS) is 17.2. The lowest BCUT2D eigenvalue weighted by atomic mass is 9.89. The largest absolute Gasteiger partial charge is 0.454 e. The van der Waals surface area contributed by atoms with Gasteiger partial charge in [-0.1, -0.05) is 36.4 Å². The Bertz CT molecular complexity index is 860. The lowest BCUT2D eigenvalue weighted by molar-refractivity contribution is 0.0853. The second-order valence-corrected chi connectivity index (χ2v) is 7.28. The molecule has 0 spiro atoms. The second-order valence-electron chi connectivity index (χ2n) is 7.28. The van der Waals surface area contributed by atoms with Gasteiger partial charge in [-0.15, -0.1) is 0 Å². The highest BCUT2D eigenvalue weighted by Gasteiger charge is 2.28. The number of carbonyl (C=O) groups is 2. The van der Waals surface area contributed by atoms with E-state index < -0.39 is 0 Å². The molecule has 2 aliphatic heterocycles. The molecule has 2 aromatic rings. The Morgan fingerprint density at radius 2 is 1.75 bits per heavy atom. The standard InChI is InChI=1S/C22H24N2O4/c1-15(18-7-8-19-20(13-18)28-14-27-19)23-22(26)24-11-9-17(10-12-24)21(25)16-5-3-2-4-6-16/h2-8,13,15,17H,9-12,14H2,1H3,(H,23,26). The first-order chi connectivity index (χ1) is 13.6. The maximum absolute atomic E-state index is 12.6. The quantitative estimate of drug-likeness (QED) is 0.820. The molecule has 0 saturated carbocycles. The molecule has 2 heterocycles. The molecule has 4 rings (SSSR count). The zero-order chi connectivity index (χ0) is 19.5. The van der Waals surface area contributed by atoms with Crippen LogP contribution in [0.3, 0.4) is 0 Å². The molecule has 1 unspecified atom stereocenters. The van der Waals surface area contributed by atoms with Gasteiger partial charge in [0.05, 0.1) is 6.04 Å². The molecule has 0 bridgehead atoms. The van der Waals surface area contributed by atoms with Crippen LogP contribution >= 0.6 is 0 Å². The average Bonchev–Trinajstić information content (AvgIpc) is 3.22. The van der Waals surface area contributed by atoms with E-state index in [1.54, 1.807) is 4.90 Å². The van der Waals surface area contributed by atoms with E-state index in [0.717, 1.165) is 16.9 Å². The highest BCUT2D eigenvalue weighted by Crippen LogP contribution is 2.34. The van der Waals surface area contributed by atoms with Crippen molar-refractivity contribution in [3.63, 3.8) is 0 Å². The molecule has 2 aromatic carbocycles. The number of nitrogens with zero attached hydrogens (tertiary/aromatic N) is 1. The van der Waals surface area contributed by atoms with Gasteiger partial charge in [0.15, 0.2) is 17.3 Å². The van der Waals surface area contributed by atoms with Gasteiger partial charge in [-0.3, -0.25) is 4.79 Å². The van der Waals surface area contributed by atoms with Gasteiger partial charge in [-0.05, 0) is 37.5 Å². The number of fused-ring (bicyclic) bond motifs is 1. The predicted molar refractivity (Wildman–Crippen MR) is 105 cm³/mol. The maximum Gasteiger partial charge on any atom is 0.317 e. The van der Waals surface area contributed by atoms with Crippen molar-refractivity contribution in [2.75, 3.05) is 19.9 Å². The van der Waals surface area contributed by atoms with Gasteiger partial charge in [0.2, 0.25) is 6.79 Å². The molecule has 2 aliphatic rings. The fourth-order valence-corrected chi connectivity index (χ4v) is 3.73. The Labute approximate surface area is 164 Å². The summed E-state index contributed by atoms with van der Waals surface area (Å²) >= 11 is 0. The van der Waals surface area contributed by atoms with Crippen LogP contribution in [0.5, 0.6) is 11.5 Å². The molecule has 1 atom stereocenters. The number of nitrogens with one attached hydrogen (secondary N) is 1. The van der Waals surface area contributed by atoms with E-state index in [2.05, 4.69) is 5.32 Å². The molecule has 0 aromatic heterocycles. The van der Waals surface area contributed by atoms with Crippen LogP contribution < -0.4 is 14.8 Å². The van der Waals surface area contributed by atoms with Crippen LogP contribution in [-0.2, 0) is 0 Å². The maximum atomic E-state index is 12.6. The molecular formula is C22H24N2O4. The highest BCUT2D eigenvalue weighted by molar-refractivity contribution is 5.98. The Morgan fingerprint density at radius 1 is 1.04 bits per heavy atom. The number of ketones is 1. The number of amides is 2. The van der Waals surface area contributed by atoms with Gasteiger partial charge in [0.1, 0.15) is 0 Å². The zero-order valence-corrected chi connectivity index (χ0v) is 15.9. The van der Waals surface area contributed by atoms with Crippen molar-refractivity contribution in [2.45, 2.75) is 25.8 Å². The molecule has 6 heteroatoms. The number of piperidine rings is 1. The van der Waals surface area contributed by atoms with Gasteiger partial charge < -0.3 is 19.7 Å². The van der Waals surface area contributed by atoms with E-state index in [1.165, 1.54) is 0 Å². The van der Waals surface area contributed by atoms with Crippen molar-refractivity contribution in [1.82, 2.24) is 10.2 Å². The minimum absolute atomic E-state index is 0.0160. The van der Waals surface area contributed by atoms with Crippen molar-refractivity contribution in [3.8, 4) is 11.5 Å². The van der Waals surface area contributed by atoms with Crippen molar-refractivity contribution in [2.24, 2.45) is 5.92 Å². The Kier molecular flexibility index (Phi) is 5.19. The molecule has 2 amide bonds. The van der Waals surface area contributed by atoms with E-state index in [9.17, 15) is 9.59 Å². The molecule has 146 valence electrons. The molecule has 1 saturated heterocycles. The van der Waals surface area contributed by atoms with E-state index >= 15 is 0 Å². The van der Waals surface area contributed by atoms with Gasteiger partial charge in [-0.2, -0.15) is 0 Å². The number of urea groups is 1. The monoisotopic (exact) mass is 380 g/mol. The fraction of sp³-hybridized carbons (Fsp3) is 0.364. The summed E-state index contributed by atoms with van der Waals surface area (Å²) in [5, 5.41) is 3.04. The number of rotatable bonds is 4. The van der Waals surface area contributed by atoms with Crippen molar-refractivity contribution in [3.05, 3.63) is 59.7 Å². The number of hydrogen-bond acceptors (Lipinski definition) is 4. The Balaban J connectivity index is 1.31. The number of ether oxygens (including phenoxy) is 2. The summed E-state index contributed by atoms with van der Waals surface area (Å²) in [6, 6.07) is 14.8. The van der Waals surface area contributed by atoms with Crippen LogP contribution in [-0.4, -0.2) is 36.6 Å². The lowest BCUT2D eigenvalue weighted by Crippen LogP contribution is -2.46. The number of hydrogen-bond donors (Lipinski definition) is 1. The molecule has 28 heavy (non-hydrogen) atoms. The second kappa shape index (κ2) is 7.92. The number of likely N-dealkylation sites (tertiary alicyclic amines) is 1. The number of Topliss-reactive ketones (excluding diaryl/α,β-unsaturated/α-hetero) is 1. The molecular weight excluding hydrogens is 356 g/mol. The van der Waals surface area contributed by atoms with Crippen molar-refractivity contribution >= 4 is 11.8 Å². The molecule has 6 nitrogen and oxygen atoms in total. The first-order valence-electron chi connectivity index (χ1n) is 9.66. The molecule has 1 fully saturated rings. The summed E-state index contributed by atoms with van der Waals surface area (Å²) in [6.07, 6.45) is 1.39. The van der Waals surface area contributed by atoms with E-state index in [-0.39, 0.29) is 30.6 Å². The summed E-state index contributed by atoms with van der Waals surface area (Å²) < 4.78 is 10.7. The topological polar surface area (TPSA) is 67.9 Å². The lowest BCUT2D eigenvalue weighted by Gasteiger charge is -2.32. The third-order valence-electron chi connectivity index (χ3n) is 5.45. The minimum Gasteiger partial charge on any atom is -0.454 e. The Morgan fingerprint density at radius 3 is 2.50 bits per heavy atom. The van der Waals surface area contributed by atoms with Gasteiger partial charge >= 0.3 is 6.03 Å². The van der Waals surface area contributed by atoms with E-state index in [1.807, 2.05) is 55.5 Å². The molecule has 0 radical (unpaired) electrons. The SMILES string of the molecule is CC(NC(=O)N1CCC(C(=O)c2ccccc2)CC1)c1ccc2c(c1)OCO2. The summed E-state index contributed by atoms with van der Waals surface area (Å²) in [5.74, 6) is 1.60. The zero-order valence-electron chi connectivity index (χ0n) is 15.9. The third kappa shape index (κ3) is 3.81. The third-order valence-corrected chi connectivity index (χ3v) is 5.45. The predicted octanol–water partition coefficient (Wildman–Crippen LogP) is 3.78. The van der Waals surface area contributed by atoms with Gasteiger partial charge in [0.25, 0.3) is 0 Å². The Hall–Kier alpha value is -3.02. The van der Waals surface area contributed by atoms with Crippen LogP contribution in [0, 0.1) is 5.92 Å².